The Kier molecular flexibility index (Phi) is 2.50. The number of hydrogen-bond donors (Lipinski definition) is 0. The lowest BCUT2D eigenvalue weighted by molar-refractivity contribution is -0.116. The third kappa shape index (κ3) is 1.89. The van der Waals surface area contributed by atoms with Crippen LogP contribution in [0.25, 0.3) is 10.8 Å². The molecule has 0 aliphatic heterocycles. The minimum atomic E-state index is -0.238. The SMILES string of the molecule is CC(=O)Cc1cccc2c(F)cccc12. The summed E-state index contributed by atoms with van der Waals surface area (Å²) in [7, 11) is 0. The van der Waals surface area contributed by atoms with Gasteiger partial charge in [0.25, 0.3) is 0 Å². The van der Waals surface area contributed by atoms with Crippen molar-refractivity contribution in [1.29, 1.82) is 0 Å². The highest BCUT2D eigenvalue weighted by molar-refractivity contribution is 5.90. The first-order valence-corrected chi connectivity index (χ1v) is 4.84. The molecule has 2 aromatic rings. The van der Waals surface area contributed by atoms with Gasteiger partial charge in [-0.2, -0.15) is 0 Å². The molecule has 15 heavy (non-hydrogen) atoms. The Bertz CT molecular complexity index is 517. The standard InChI is InChI=1S/C13H11FO/c1-9(15)8-10-4-2-6-12-11(10)5-3-7-13(12)14/h2-7H,8H2,1H3. The van der Waals surface area contributed by atoms with Gasteiger partial charge in [0.2, 0.25) is 0 Å². The number of Topliss-reactive ketones (excluding diaryl/α,β-unsaturated/α-hetero) is 1. The van der Waals surface area contributed by atoms with Gasteiger partial charge < -0.3 is 0 Å². The van der Waals surface area contributed by atoms with E-state index in [-0.39, 0.29) is 11.6 Å². The Balaban J connectivity index is 2.65. The van der Waals surface area contributed by atoms with Crippen LogP contribution in [0.5, 0.6) is 0 Å². The molecule has 0 fully saturated rings. The van der Waals surface area contributed by atoms with Crippen LogP contribution in [0.4, 0.5) is 4.39 Å². The summed E-state index contributed by atoms with van der Waals surface area (Å²) < 4.78 is 13.4. The zero-order chi connectivity index (χ0) is 10.8. The maximum atomic E-state index is 13.4. The van der Waals surface area contributed by atoms with Gasteiger partial charge in [-0.15, -0.1) is 0 Å². The highest BCUT2D eigenvalue weighted by atomic mass is 19.1. The predicted molar refractivity (Wildman–Crippen MR) is 58.3 cm³/mol. The smallest absolute Gasteiger partial charge is 0.134 e. The van der Waals surface area contributed by atoms with Crippen molar-refractivity contribution in [3.05, 3.63) is 47.8 Å². The second-order valence-corrected chi connectivity index (χ2v) is 3.63. The van der Waals surface area contributed by atoms with E-state index in [1.54, 1.807) is 18.2 Å². The van der Waals surface area contributed by atoms with Crippen molar-refractivity contribution in [3.63, 3.8) is 0 Å². The summed E-state index contributed by atoms with van der Waals surface area (Å²) in [5, 5.41) is 1.41. The fourth-order valence-corrected chi connectivity index (χ4v) is 1.76. The van der Waals surface area contributed by atoms with Gasteiger partial charge in [-0.05, 0) is 23.9 Å². The van der Waals surface area contributed by atoms with Crippen LogP contribution in [0.3, 0.4) is 0 Å². The van der Waals surface area contributed by atoms with Crippen LogP contribution in [0, 0.1) is 5.82 Å². The van der Waals surface area contributed by atoms with Crippen molar-refractivity contribution < 1.29 is 9.18 Å². The average Bonchev–Trinajstić information content (AvgIpc) is 2.19. The van der Waals surface area contributed by atoms with Crippen LogP contribution in [-0.4, -0.2) is 5.78 Å². The summed E-state index contributed by atoms with van der Waals surface area (Å²) in [5.74, 6) is -0.148. The number of ketones is 1. The predicted octanol–water partition coefficient (Wildman–Crippen LogP) is 3.11. The van der Waals surface area contributed by atoms with E-state index in [0.717, 1.165) is 10.9 Å². The van der Waals surface area contributed by atoms with Crippen LogP contribution >= 0.6 is 0 Å². The molecule has 0 aliphatic rings. The van der Waals surface area contributed by atoms with E-state index >= 15 is 0 Å². The Hall–Kier alpha value is -1.70. The number of carbonyl (C=O) groups excluding carboxylic acids is 1. The van der Waals surface area contributed by atoms with E-state index in [2.05, 4.69) is 0 Å². The van der Waals surface area contributed by atoms with Crippen molar-refractivity contribution >= 4 is 16.6 Å². The number of halogens is 1. The lowest BCUT2D eigenvalue weighted by Gasteiger charge is -2.04. The molecular weight excluding hydrogens is 191 g/mol. The van der Waals surface area contributed by atoms with Crippen LogP contribution in [0.1, 0.15) is 12.5 Å². The van der Waals surface area contributed by atoms with Gasteiger partial charge in [0.1, 0.15) is 11.6 Å². The molecule has 0 atom stereocenters. The van der Waals surface area contributed by atoms with Crippen LogP contribution in [0.15, 0.2) is 36.4 Å². The molecule has 1 nitrogen and oxygen atoms in total. The summed E-state index contributed by atoms with van der Waals surface area (Å²) in [6.07, 6.45) is 0.362. The topological polar surface area (TPSA) is 17.1 Å². The molecule has 0 saturated heterocycles. The molecule has 0 heterocycles. The quantitative estimate of drug-likeness (QED) is 0.731. The minimum absolute atomic E-state index is 0.0896. The molecular formula is C13H11FO. The van der Waals surface area contributed by atoms with Crippen molar-refractivity contribution in [2.24, 2.45) is 0 Å². The first-order chi connectivity index (χ1) is 7.18. The molecule has 0 N–H and O–H groups in total. The fraction of sp³-hybridized carbons (Fsp3) is 0.154. The molecule has 0 aliphatic carbocycles. The Morgan fingerprint density at radius 1 is 1.13 bits per heavy atom. The molecule has 2 aromatic carbocycles. The highest BCUT2D eigenvalue weighted by Gasteiger charge is 2.05. The van der Waals surface area contributed by atoms with Crippen LogP contribution in [-0.2, 0) is 11.2 Å². The molecule has 0 saturated carbocycles. The van der Waals surface area contributed by atoms with Gasteiger partial charge in [-0.25, -0.2) is 4.39 Å². The largest absolute Gasteiger partial charge is 0.300 e. The van der Waals surface area contributed by atoms with Gasteiger partial charge in [0.15, 0.2) is 0 Å². The van der Waals surface area contributed by atoms with E-state index in [0.29, 0.717) is 11.8 Å². The summed E-state index contributed by atoms with van der Waals surface area (Å²) in [5.41, 5.74) is 0.888. The highest BCUT2D eigenvalue weighted by Crippen LogP contribution is 2.21. The lowest BCUT2D eigenvalue weighted by Crippen LogP contribution is -1.97. The molecule has 0 unspecified atom stereocenters. The molecule has 2 rings (SSSR count). The van der Waals surface area contributed by atoms with Crippen molar-refractivity contribution in [2.75, 3.05) is 0 Å². The van der Waals surface area contributed by atoms with Crippen molar-refractivity contribution in [1.82, 2.24) is 0 Å². The zero-order valence-electron chi connectivity index (χ0n) is 8.46. The Morgan fingerprint density at radius 3 is 2.53 bits per heavy atom. The van der Waals surface area contributed by atoms with Crippen LogP contribution < -0.4 is 0 Å². The van der Waals surface area contributed by atoms with Crippen molar-refractivity contribution in [3.8, 4) is 0 Å². The summed E-state index contributed by atoms with van der Waals surface area (Å²) in [4.78, 5) is 11.0. The second kappa shape index (κ2) is 3.81. The lowest BCUT2D eigenvalue weighted by atomic mass is 10.0. The third-order valence-electron chi connectivity index (χ3n) is 2.40. The van der Waals surface area contributed by atoms with E-state index in [4.69, 9.17) is 0 Å². The third-order valence-corrected chi connectivity index (χ3v) is 2.40. The normalized spacial score (nSPS) is 10.5. The number of fused-ring (bicyclic) bond motifs is 1. The second-order valence-electron chi connectivity index (χ2n) is 3.63. The molecule has 2 heteroatoms. The van der Waals surface area contributed by atoms with Crippen molar-refractivity contribution in [2.45, 2.75) is 13.3 Å². The van der Waals surface area contributed by atoms with E-state index in [1.165, 1.54) is 13.0 Å². The monoisotopic (exact) mass is 202 g/mol. The molecule has 0 spiro atoms. The molecule has 0 aromatic heterocycles. The molecule has 0 amide bonds. The first kappa shape index (κ1) is 9.84. The minimum Gasteiger partial charge on any atom is -0.300 e. The number of hydrogen-bond acceptors (Lipinski definition) is 1. The molecule has 76 valence electrons. The Morgan fingerprint density at radius 2 is 1.80 bits per heavy atom. The van der Waals surface area contributed by atoms with Crippen LogP contribution in [0.2, 0.25) is 0 Å². The summed E-state index contributed by atoms with van der Waals surface area (Å²) in [6, 6.07) is 10.3. The number of benzene rings is 2. The average molecular weight is 202 g/mol. The summed E-state index contributed by atoms with van der Waals surface area (Å²) >= 11 is 0. The fourth-order valence-electron chi connectivity index (χ4n) is 1.76. The number of rotatable bonds is 2. The maximum absolute atomic E-state index is 13.4. The first-order valence-electron chi connectivity index (χ1n) is 4.84. The molecule has 0 bridgehead atoms. The van der Waals surface area contributed by atoms with Gasteiger partial charge in [0, 0.05) is 11.8 Å². The van der Waals surface area contributed by atoms with Gasteiger partial charge in [-0.3, -0.25) is 4.79 Å². The van der Waals surface area contributed by atoms with Gasteiger partial charge >= 0.3 is 0 Å². The van der Waals surface area contributed by atoms with E-state index < -0.39 is 0 Å². The van der Waals surface area contributed by atoms with Gasteiger partial charge in [0.05, 0.1) is 0 Å². The van der Waals surface area contributed by atoms with E-state index in [9.17, 15) is 9.18 Å². The Labute approximate surface area is 87.5 Å². The maximum Gasteiger partial charge on any atom is 0.134 e. The zero-order valence-corrected chi connectivity index (χ0v) is 8.46. The van der Waals surface area contributed by atoms with Gasteiger partial charge in [-0.1, -0.05) is 30.3 Å². The number of carbonyl (C=O) groups is 1. The summed E-state index contributed by atoms with van der Waals surface area (Å²) in [6.45, 7) is 1.54. The molecule has 0 radical (unpaired) electrons. The van der Waals surface area contributed by atoms with E-state index in [1.807, 2.05) is 12.1 Å².